The normalized spacial score (nSPS) is 21.9. The molecule has 2 aliphatic rings. The summed E-state index contributed by atoms with van der Waals surface area (Å²) in [6.07, 6.45) is 4.09. The van der Waals surface area contributed by atoms with Crippen LogP contribution in [0.15, 0.2) is 54.6 Å². The van der Waals surface area contributed by atoms with Crippen LogP contribution in [0.25, 0.3) is 0 Å². The number of rotatable bonds is 7. The molecule has 0 bridgehead atoms. The molecule has 0 radical (unpaired) electrons. The van der Waals surface area contributed by atoms with Gasteiger partial charge in [-0.05, 0) is 61.2 Å². The predicted octanol–water partition coefficient (Wildman–Crippen LogP) is 6.08. The number of hydrogen-bond donors (Lipinski definition) is 0. The molecule has 1 heterocycles. The molecule has 10 heteroatoms. The molecule has 6 nitrogen and oxygen atoms in total. The minimum Gasteiger partial charge on any atom is -0.292 e. The highest BCUT2D eigenvalue weighted by Crippen LogP contribution is 2.40. The Morgan fingerprint density at radius 1 is 1.03 bits per heavy atom. The minimum absolute atomic E-state index is 0.00816. The van der Waals surface area contributed by atoms with Crippen molar-refractivity contribution in [3.05, 3.63) is 80.8 Å². The molecule has 0 unspecified atom stereocenters. The lowest BCUT2D eigenvalue weighted by Crippen LogP contribution is -2.57. The molecular weight excluding hydrogens is 546 g/mol. The number of carbonyl (C=O) groups excluding carboxylic acids is 4. The van der Waals surface area contributed by atoms with Crippen LogP contribution in [0.2, 0.25) is 15.1 Å². The van der Waals surface area contributed by atoms with E-state index in [-0.39, 0.29) is 34.4 Å². The third-order valence-electron chi connectivity index (χ3n) is 6.54. The quantitative estimate of drug-likeness (QED) is 0.176. The molecule has 1 aliphatic heterocycles. The summed E-state index contributed by atoms with van der Waals surface area (Å²) < 4.78 is 0. The van der Waals surface area contributed by atoms with Gasteiger partial charge in [0.15, 0.2) is 5.78 Å². The Bertz CT molecular complexity index is 1250. The fourth-order valence-electron chi connectivity index (χ4n) is 4.78. The van der Waals surface area contributed by atoms with Crippen LogP contribution in [0, 0.1) is 17.8 Å². The molecule has 4 rings (SSSR count). The van der Waals surface area contributed by atoms with Crippen LogP contribution >= 0.6 is 46.4 Å². The van der Waals surface area contributed by atoms with Crippen LogP contribution in [0.3, 0.4) is 0 Å². The molecule has 0 aromatic heterocycles. The van der Waals surface area contributed by atoms with Crippen LogP contribution in [0.5, 0.6) is 0 Å². The van der Waals surface area contributed by atoms with E-state index >= 15 is 0 Å². The summed E-state index contributed by atoms with van der Waals surface area (Å²) in [6, 6.07) is 9.12. The molecule has 0 N–H and O–H groups in total. The van der Waals surface area contributed by atoms with Gasteiger partial charge in [-0.15, -0.1) is 11.6 Å². The van der Waals surface area contributed by atoms with E-state index in [1.165, 1.54) is 30.3 Å². The summed E-state index contributed by atoms with van der Waals surface area (Å²) in [5.41, 5.74) is 0.243. The van der Waals surface area contributed by atoms with Crippen LogP contribution in [0.4, 0.5) is 0 Å². The summed E-state index contributed by atoms with van der Waals surface area (Å²) in [5.74, 6) is -3.84. The van der Waals surface area contributed by atoms with Crippen molar-refractivity contribution in [1.82, 2.24) is 10.0 Å². The van der Waals surface area contributed by atoms with Gasteiger partial charge >= 0.3 is 0 Å². The average molecular weight is 568 g/mol. The highest BCUT2D eigenvalue weighted by atomic mass is 35.5. The van der Waals surface area contributed by atoms with Crippen molar-refractivity contribution in [3.8, 4) is 0 Å². The Labute approximate surface area is 228 Å². The number of hydrogen-bond acceptors (Lipinski definition) is 4. The Kier molecular flexibility index (Phi) is 8.10. The number of fused-ring (bicyclic) bond motifs is 1. The zero-order valence-corrected chi connectivity index (χ0v) is 22.2. The van der Waals surface area contributed by atoms with Crippen molar-refractivity contribution in [2.75, 3.05) is 5.88 Å². The number of benzene rings is 2. The molecule has 2 aromatic carbocycles. The van der Waals surface area contributed by atoms with Crippen molar-refractivity contribution in [2.24, 2.45) is 17.8 Å². The second-order valence-electron chi connectivity index (χ2n) is 8.78. The van der Waals surface area contributed by atoms with Gasteiger partial charge in [-0.2, -0.15) is 5.01 Å². The number of Topliss-reactive ketones (excluding diaryl/α,β-unsaturated/α-hetero) is 1. The third kappa shape index (κ3) is 4.92. The fraction of sp³-hybridized carbons (Fsp3) is 0.308. The van der Waals surface area contributed by atoms with E-state index in [2.05, 4.69) is 0 Å². The van der Waals surface area contributed by atoms with Gasteiger partial charge in [-0.1, -0.05) is 53.9 Å². The SMILES string of the molecule is C[C@@H]1C=CC[C@@H]2C(=O)N(N(C(=O)c3ccc(Cl)cc3Cl)[C@@H](CCCl)C(=O)c3ccc(Cl)cc3)C(=O)[C@@H]12. The second kappa shape index (κ2) is 10.9. The van der Waals surface area contributed by atoms with Crippen LogP contribution < -0.4 is 0 Å². The number of imide groups is 1. The second-order valence-corrected chi connectivity index (χ2v) is 10.4. The number of alkyl halides is 1. The molecule has 3 amide bonds. The van der Waals surface area contributed by atoms with Crippen molar-refractivity contribution in [2.45, 2.75) is 25.8 Å². The van der Waals surface area contributed by atoms with E-state index < -0.39 is 41.4 Å². The first kappa shape index (κ1) is 26.7. The summed E-state index contributed by atoms with van der Waals surface area (Å²) in [6.45, 7) is 1.85. The minimum atomic E-state index is -1.25. The predicted molar refractivity (Wildman–Crippen MR) is 139 cm³/mol. The van der Waals surface area contributed by atoms with Crippen LogP contribution in [0.1, 0.15) is 40.5 Å². The lowest BCUT2D eigenvalue weighted by molar-refractivity contribution is -0.156. The number of halogens is 4. The van der Waals surface area contributed by atoms with Gasteiger partial charge in [0.1, 0.15) is 6.04 Å². The number of nitrogens with zero attached hydrogens (tertiary/aromatic N) is 2. The first-order valence-electron chi connectivity index (χ1n) is 11.3. The summed E-state index contributed by atoms with van der Waals surface area (Å²) >= 11 is 24.4. The van der Waals surface area contributed by atoms with Crippen molar-refractivity contribution < 1.29 is 19.2 Å². The molecule has 0 spiro atoms. The third-order valence-corrected chi connectivity index (χ3v) is 7.56. The number of allylic oxidation sites excluding steroid dienone is 2. The van der Waals surface area contributed by atoms with E-state index in [0.29, 0.717) is 16.5 Å². The highest BCUT2D eigenvalue weighted by Gasteiger charge is 2.55. The van der Waals surface area contributed by atoms with Crippen molar-refractivity contribution in [3.63, 3.8) is 0 Å². The van der Waals surface area contributed by atoms with Gasteiger partial charge in [0.05, 0.1) is 22.4 Å². The average Bonchev–Trinajstić information content (AvgIpc) is 3.09. The molecule has 188 valence electrons. The maximum atomic E-state index is 14.0. The van der Waals surface area contributed by atoms with E-state index in [0.717, 1.165) is 10.0 Å². The van der Waals surface area contributed by atoms with Gasteiger partial charge < -0.3 is 0 Å². The molecule has 4 atom stereocenters. The zero-order chi connectivity index (χ0) is 26.1. The monoisotopic (exact) mass is 566 g/mol. The van der Waals surface area contributed by atoms with E-state index in [1.54, 1.807) is 12.1 Å². The van der Waals surface area contributed by atoms with E-state index in [1.807, 2.05) is 19.1 Å². The molecule has 2 aromatic rings. The molecule has 1 saturated heterocycles. The molecular formula is C26H22Cl4N2O4. The number of amides is 3. The first-order chi connectivity index (χ1) is 17.1. The van der Waals surface area contributed by atoms with Gasteiger partial charge in [-0.25, -0.2) is 5.01 Å². The first-order valence-corrected chi connectivity index (χ1v) is 13.0. The molecule has 36 heavy (non-hydrogen) atoms. The van der Waals surface area contributed by atoms with Gasteiger partial charge in [0, 0.05) is 21.5 Å². The maximum absolute atomic E-state index is 14.0. The van der Waals surface area contributed by atoms with Crippen LogP contribution in [-0.4, -0.2) is 45.4 Å². The Balaban J connectivity index is 1.84. The lowest BCUT2D eigenvalue weighted by Gasteiger charge is -2.36. The Morgan fingerprint density at radius 3 is 2.31 bits per heavy atom. The maximum Gasteiger partial charge on any atom is 0.275 e. The zero-order valence-electron chi connectivity index (χ0n) is 19.2. The lowest BCUT2D eigenvalue weighted by atomic mass is 9.78. The number of hydrazine groups is 1. The van der Waals surface area contributed by atoms with Gasteiger partial charge in [0.25, 0.3) is 17.7 Å². The Morgan fingerprint density at radius 2 is 1.69 bits per heavy atom. The van der Waals surface area contributed by atoms with Crippen molar-refractivity contribution >= 4 is 69.9 Å². The molecule has 1 aliphatic carbocycles. The Hall–Kier alpha value is -2.38. The number of carbonyl (C=O) groups is 4. The molecule has 1 fully saturated rings. The van der Waals surface area contributed by atoms with Gasteiger partial charge in [-0.3, -0.25) is 19.2 Å². The summed E-state index contributed by atoms with van der Waals surface area (Å²) in [4.78, 5) is 54.9. The summed E-state index contributed by atoms with van der Waals surface area (Å²) in [5, 5.41) is 2.52. The van der Waals surface area contributed by atoms with Crippen molar-refractivity contribution in [1.29, 1.82) is 0 Å². The van der Waals surface area contributed by atoms with E-state index in [9.17, 15) is 19.2 Å². The number of ketones is 1. The van der Waals surface area contributed by atoms with E-state index in [4.69, 9.17) is 46.4 Å². The molecule has 0 saturated carbocycles. The summed E-state index contributed by atoms with van der Waals surface area (Å²) in [7, 11) is 0. The standard InChI is InChI=1S/C26H22Cl4N2O4/c1-14-3-2-4-19-22(14)26(36)32(25(19)35)31(24(34)18-10-9-17(29)13-20(18)30)21(11-12-27)23(33)15-5-7-16(28)8-6-15/h2-3,5-10,13-14,19,21-22H,4,11-12H2,1H3/t14-,19+,21+,22+/m1/s1. The smallest absolute Gasteiger partial charge is 0.275 e. The fourth-order valence-corrected chi connectivity index (χ4v) is 5.60. The van der Waals surface area contributed by atoms with Gasteiger partial charge in [0.2, 0.25) is 0 Å². The highest BCUT2D eigenvalue weighted by molar-refractivity contribution is 6.37. The van der Waals surface area contributed by atoms with Crippen LogP contribution in [-0.2, 0) is 9.59 Å². The topological polar surface area (TPSA) is 74.8 Å². The largest absolute Gasteiger partial charge is 0.292 e.